The van der Waals surface area contributed by atoms with Gasteiger partial charge in [0.05, 0.1) is 13.7 Å². The van der Waals surface area contributed by atoms with Crippen LogP contribution in [0.15, 0.2) is 10.5 Å². The van der Waals surface area contributed by atoms with Gasteiger partial charge in [0.1, 0.15) is 5.76 Å². The molecule has 21 heavy (non-hydrogen) atoms. The van der Waals surface area contributed by atoms with E-state index < -0.39 is 5.97 Å². The molecule has 5 nitrogen and oxygen atoms in total. The van der Waals surface area contributed by atoms with Crippen molar-refractivity contribution in [2.75, 3.05) is 26.7 Å². The van der Waals surface area contributed by atoms with E-state index in [1.54, 1.807) is 0 Å². The van der Waals surface area contributed by atoms with Gasteiger partial charge < -0.3 is 14.5 Å². The Morgan fingerprint density at radius 1 is 1.52 bits per heavy atom. The average Bonchev–Trinajstić information content (AvgIpc) is 3.08. The third kappa shape index (κ3) is 2.38. The number of hydrogen-bond acceptors (Lipinski definition) is 5. The number of rotatable bonds is 3. The van der Waals surface area contributed by atoms with Crippen LogP contribution in [-0.4, -0.2) is 43.2 Å². The van der Waals surface area contributed by atoms with Crippen LogP contribution in [0.5, 0.6) is 0 Å². The van der Waals surface area contributed by atoms with E-state index >= 15 is 0 Å². The maximum Gasteiger partial charge on any atom is 0.374 e. The predicted octanol–water partition coefficient (Wildman–Crippen LogP) is 1.80. The molecular weight excluding hydrogens is 268 g/mol. The van der Waals surface area contributed by atoms with Crippen LogP contribution >= 0.6 is 0 Å². The van der Waals surface area contributed by atoms with Crippen molar-refractivity contribution in [2.24, 2.45) is 11.8 Å². The Bertz CT molecular complexity index is 550. The van der Waals surface area contributed by atoms with Crippen LogP contribution in [0.4, 0.5) is 0 Å². The lowest BCUT2D eigenvalue weighted by molar-refractivity contribution is 0.0557. The van der Waals surface area contributed by atoms with E-state index in [0.29, 0.717) is 11.7 Å². The highest BCUT2D eigenvalue weighted by Crippen LogP contribution is 2.41. The topological polar surface area (TPSA) is 54.7 Å². The van der Waals surface area contributed by atoms with Crippen LogP contribution in [0.25, 0.3) is 0 Å². The molecule has 2 atom stereocenters. The molecular formula is C16H24N2O3. The SMILES string of the molecule is COC(=O)c1oc(CN2CC3CNCC3C2(C)C)cc1C. The molecule has 5 heteroatoms. The second-order valence-corrected chi connectivity index (χ2v) is 6.78. The summed E-state index contributed by atoms with van der Waals surface area (Å²) in [6.07, 6.45) is 0. The largest absolute Gasteiger partial charge is 0.463 e. The number of nitrogens with zero attached hydrogens (tertiary/aromatic N) is 1. The zero-order valence-electron chi connectivity index (χ0n) is 13.2. The number of ether oxygens (including phenoxy) is 1. The second kappa shape index (κ2) is 5.14. The molecule has 2 fully saturated rings. The number of hydrogen-bond donors (Lipinski definition) is 1. The van der Waals surface area contributed by atoms with Crippen molar-refractivity contribution in [2.45, 2.75) is 32.9 Å². The Kier molecular flexibility index (Phi) is 3.58. The molecule has 0 spiro atoms. The molecule has 0 bridgehead atoms. The fraction of sp³-hybridized carbons (Fsp3) is 0.688. The zero-order valence-corrected chi connectivity index (χ0v) is 13.2. The average molecular weight is 292 g/mol. The molecule has 0 radical (unpaired) electrons. The molecule has 2 unspecified atom stereocenters. The van der Waals surface area contributed by atoms with Gasteiger partial charge in [-0.25, -0.2) is 4.79 Å². The fourth-order valence-electron chi connectivity index (χ4n) is 3.88. The lowest BCUT2D eigenvalue weighted by atomic mass is 9.85. The lowest BCUT2D eigenvalue weighted by Gasteiger charge is -2.35. The minimum absolute atomic E-state index is 0.153. The van der Waals surface area contributed by atoms with Crippen molar-refractivity contribution in [3.63, 3.8) is 0 Å². The van der Waals surface area contributed by atoms with Gasteiger partial charge in [-0.15, -0.1) is 0 Å². The van der Waals surface area contributed by atoms with Gasteiger partial charge in [-0.1, -0.05) is 0 Å². The second-order valence-electron chi connectivity index (χ2n) is 6.78. The molecule has 2 saturated heterocycles. The van der Waals surface area contributed by atoms with Crippen molar-refractivity contribution in [3.05, 3.63) is 23.2 Å². The molecule has 1 N–H and O–H groups in total. The molecule has 3 heterocycles. The number of furan rings is 1. The predicted molar refractivity (Wildman–Crippen MR) is 79.1 cm³/mol. The van der Waals surface area contributed by atoms with Crippen molar-refractivity contribution in [3.8, 4) is 0 Å². The van der Waals surface area contributed by atoms with E-state index in [2.05, 4.69) is 24.1 Å². The van der Waals surface area contributed by atoms with Gasteiger partial charge in [-0.3, -0.25) is 4.90 Å². The molecule has 1 aromatic heterocycles. The first kappa shape index (κ1) is 14.6. The van der Waals surface area contributed by atoms with E-state index in [1.807, 2.05) is 13.0 Å². The monoisotopic (exact) mass is 292 g/mol. The van der Waals surface area contributed by atoms with Crippen molar-refractivity contribution in [1.82, 2.24) is 10.2 Å². The molecule has 0 amide bonds. The van der Waals surface area contributed by atoms with Crippen LogP contribution in [0.2, 0.25) is 0 Å². The van der Waals surface area contributed by atoms with Crippen LogP contribution < -0.4 is 5.32 Å². The van der Waals surface area contributed by atoms with Crippen molar-refractivity contribution in [1.29, 1.82) is 0 Å². The molecule has 2 aliphatic rings. The molecule has 0 aromatic carbocycles. The van der Waals surface area contributed by atoms with Crippen LogP contribution in [0, 0.1) is 18.8 Å². The summed E-state index contributed by atoms with van der Waals surface area (Å²) in [7, 11) is 1.38. The molecule has 3 rings (SSSR count). The molecule has 1 aromatic rings. The summed E-state index contributed by atoms with van der Waals surface area (Å²) < 4.78 is 10.5. The first-order valence-corrected chi connectivity index (χ1v) is 7.57. The highest BCUT2D eigenvalue weighted by atomic mass is 16.5. The maximum atomic E-state index is 11.6. The first-order chi connectivity index (χ1) is 9.93. The fourth-order valence-corrected chi connectivity index (χ4v) is 3.88. The van der Waals surface area contributed by atoms with E-state index in [9.17, 15) is 4.79 Å². The summed E-state index contributed by atoms with van der Waals surface area (Å²) in [5.74, 6) is 2.17. The van der Waals surface area contributed by atoms with Gasteiger partial charge in [-0.05, 0) is 45.2 Å². The zero-order chi connectivity index (χ0) is 15.2. The quantitative estimate of drug-likeness (QED) is 0.861. The molecule has 2 aliphatic heterocycles. The summed E-state index contributed by atoms with van der Waals surface area (Å²) in [5.41, 5.74) is 0.996. The summed E-state index contributed by atoms with van der Waals surface area (Å²) >= 11 is 0. The number of carbonyl (C=O) groups is 1. The summed E-state index contributed by atoms with van der Waals surface area (Å²) in [5, 5.41) is 3.49. The maximum absolute atomic E-state index is 11.6. The Balaban J connectivity index is 1.77. The standard InChI is InChI=1S/C16H24N2O3/c1-10-5-12(21-14(10)15(19)20-4)9-18-8-11-6-17-7-13(11)16(18,2)3/h5,11,13,17H,6-9H2,1-4H3. The Labute approximate surface area is 125 Å². The number of fused-ring (bicyclic) bond motifs is 1. The van der Waals surface area contributed by atoms with Crippen molar-refractivity contribution < 1.29 is 13.9 Å². The highest BCUT2D eigenvalue weighted by molar-refractivity contribution is 5.87. The third-order valence-corrected chi connectivity index (χ3v) is 5.20. The van der Waals surface area contributed by atoms with Crippen LogP contribution in [0.1, 0.15) is 35.7 Å². The van der Waals surface area contributed by atoms with Gasteiger partial charge in [0.2, 0.25) is 5.76 Å². The van der Waals surface area contributed by atoms with E-state index in [-0.39, 0.29) is 5.54 Å². The summed E-state index contributed by atoms with van der Waals surface area (Å²) in [4.78, 5) is 14.1. The van der Waals surface area contributed by atoms with E-state index in [0.717, 1.165) is 43.4 Å². The molecule has 116 valence electrons. The number of carbonyl (C=O) groups excluding carboxylic acids is 1. The van der Waals surface area contributed by atoms with Crippen molar-refractivity contribution >= 4 is 5.97 Å². The lowest BCUT2D eigenvalue weighted by Crippen LogP contribution is -2.43. The summed E-state index contributed by atoms with van der Waals surface area (Å²) in [6.45, 7) is 10.5. The number of methoxy groups -OCH3 is 1. The third-order valence-electron chi connectivity index (χ3n) is 5.20. The Morgan fingerprint density at radius 3 is 2.95 bits per heavy atom. The minimum atomic E-state index is -0.402. The Hall–Kier alpha value is -1.33. The number of aryl methyl sites for hydroxylation is 1. The first-order valence-electron chi connectivity index (χ1n) is 7.57. The van der Waals surface area contributed by atoms with Crippen LogP contribution in [-0.2, 0) is 11.3 Å². The number of esters is 1. The normalized spacial score (nSPS) is 27.8. The molecule has 0 aliphatic carbocycles. The van der Waals surface area contributed by atoms with Gasteiger partial charge >= 0.3 is 5.97 Å². The van der Waals surface area contributed by atoms with Gasteiger partial charge in [-0.2, -0.15) is 0 Å². The summed E-state index contributed by atoms with van der Waals surface area (Å²) in [6, 6.07) is 1.95. The van der Waals surface area contributed by atoms with Gasteiger partial charge in [0.25, 0.3) is 0 Å². The number of likely N-dealkylation sites (tertiary alicyclic amines) is 1. The highest BCUT2D eigenvalue weighted by Gasteiger charge is 2.49. The van der Waals surface area contributed by atoms with Gasteiger partial charge in [0, 0.05) is 24.2 Å². The number of nitrogens with one attached hydrogen (secondary N) is 1. The smallest absolute Gasteiger partial charge is 0.374 e. The Morgan fingerprint density at radius 2 is 2.29 bits per heavy atom. The van der Waals surface area contributed by atoms with E-state index in [4.69, 9.17) is 9.15 Å². The van der Waals surface area contributed by atoms with Crippen LogP contribution in [0.3, 0.4) is 0 Å². The minimum Gasteiger partial charge on any atom is -0.463 e. The molecule has 0 saturated carbocycles. The van der Waals surface area contributed by atoms with E-state index in [1.165, 1.54) is 7.11 Å². The van der Waals surface area contributed by atoms with Gasteiger partial charge in [0.15, 0.2) is 0 Å².